The second kappa shape index (κ2) is 4.85. The predicted molar refractivity (Wildman–Crippen MR) is 86.7 cm³/mol. The molecule has 0 spiro atoms. The third kappa shape index (κ3) is 1.75. The van der Waals surface area contributed by atoms with E-state index in [0.717, 1.165) is 11.9 Å². The highest BCUT2D eigenvalue weighted by Crippen LogP contribution is 2.29. The number of pyridine rings is 1. The van der Waals surface area contributed by atoms with Gasteiger partial charge in [0.1, 0.15) is 5.82 Å². The van der Waals surface area contributed by atoms with Crippen LogP contribution < -0.4 is 5.56 Å². The van der Waals surface area contributed by atoms with E-state index in [4.69, 9.17) is 4.74 Å². The van der Waals surface area contributed by atoms with Crippen LogP contribution in [0.5, 0.6) is 0 Å². The van der Waals surface area contributed by atoms with Gasteiger partial charge in [-0.3, -0.25) is 14.5 Å². The Balaban J connectivity index is 2.03. The van der Waals surface area contributed by atoms with Crippen molar-refractivity contribution in [1.82, 2.24) is 19.2 Å². The molecule has 0 amide bonds. The number of nitrogens with zero attached hydrogens (tertiary/aromatic N) is 4. The molecule has 0 N–H and O–H groups in total. The van der Waals surface area contributed by atoms with Gasteiger partial charge in [0.05, 0.1) is 35.3 Å². The third-order valence-corrected chi connectivity index (χ3v) is 4.56. The Hall–Kier alpha value is -2.80. The maximum atomic E-state index is 13.8. The van der Waals surface area contributed by atoms with Crippen LogP contribution in [0.25, 0.3) is 27.5 Å². The lowest BCUT2D eigenvalue weighted by Gasteiger charge is -2.14. The summed E-state index contributed by atoms with van der Waals surface area (Å²) < 4.78 is 22.7. The molecule has 0 bridgehead atoms. The summed E-state index contributed by atoms with van der Waals surface area (Å²) in [5.41, 5.74) is 1.55. The second-order valence-corrected chi connectivity index (χ2v) is 5.97. The molecule has 0 saturated carbocycles. The van der Waals surface area contributed by atoms with Gasteiger partial charge >= 0.3 is 0 Å². The molecular formula is C17H13FN4O2. The molecule has 7 heteroatoms. The first-order valence-corrected chi connectivity index (χ1v) is 7.78. The van der Waals surface area contributed by atoms with Crippen LogP contribution in [-0.2, 0) is 4.74 Å². The van der Waals surface area contributed by atoms with Gasteiger partial charge in [-0.15, -0.1) is 0 Å². The Bertz CT molecular complexity index is 1160. The summed E-state index contributed by atoms with van der Waals surface area (Å²) in [4.78, 5) is 21.7. The minimum atomic E-state index is -0.356. The van der Waals surface area contributed by atoms with E-state index in [1.807, 2.05) is 4.68 Å². The molecule has 120 valence electrons. The first-order valence-electron chi connectivity index (χ1n) is 7.78. The number of ether oxygens (including phenoxy) is 1. The molecule has 3 aromatic heterocycles. The van der Waals surface area contributed by atoms with Crippen molar-refractivity contribution in [2.45, 2.75) is 12.5 Å². The SMILES string of the molecule is O=c1c2ccncc2nc2c3cc(F)ccc3n(C3CCOC3)n12. The van der Waals surface area contributed by atoms with Gasteiger partial charge in [0.2, 0.25) is 0 Å². The van der Waals surface area contributed by atoms with Crippen molar-refractivity contribution in [2.75, 3.05) is 13.2 Å². The summed E-state index contributed by atoms with van der Waals surface area (Å²) in [6.45, 7) is 1.17. The zero-order valence-electron chi connectivity index (χ0n) is 12.6. The van der Waals surface area contributed by atoms with E-state index >= 15 is 0 Å². The fourth-order valence-electron chi connectivity index (χ4n) is 3.47. The Morgan fingerprint density at radius 1 is 1.25 bits per heavy atom. The van der Waals surface area contributed by atoms with E-state index < -0.39 is 0 Å². The molecule has 0 radical (unpaired) electrons. The molecule has 1 atom stereocenters. The zero-order valence-corrected chi connectivity index (χ0v) is 12.6. The number of aromatic nitrogens is 4. The van der Waals surface area contributed by atoms with Crippen molar-refractivity contribution in [2.24, 2.45) is 0 Å². The minimum Gasteiger partial charge on any atom is -0.379 e. The van der Waals surface area contributed by atoms with Crippen LogP contribution in [0.1, 0.15) is 12.5 Å². The molecule has 4 heterocycles. The first-order chi connectivity index (χ1) is 11.7. The van der Waals surface area contributed by atoms with Crippen LogP contribution in [0.15, 0.2) is 41.5 Å². The van der Waals surface area contributed by atoms with Crippen LogP contribution in [-0.4, -0.2) is 32.4 Å². The van der Waals surface area contributed by atoms with Gasteiger partial charge in [0.15, 0.2) is 5.65 Å². The number of fused-ring (bicyclic) bond motifs is 4. The molecule has 24 heavy (non-hydrogen) atoms. The maximum Gasteiger partial charge on any atom is 0.280 e. The lowest BCUT2D eigenvalue weighted by Crippen LogP contribution is -2.25. The van der Waals surface area contributed by atoms with Crippen molar-refractivity contribution >= 4 is 27.5 Å². The van der Waals surface area contributed by atoms with E-state index in [2.05, 4.69) is 9.97 Å². The Labute approximate surface area is 135 Å². The van der Waals surface area contributed by atoms with E-state index in [1.165, 1.54) is 12.1 Å². The van der Waals surface area contributed by atoms with E-state index in [1.54, 1.807) is 29.0 Å². The number of rotatable bonds is 1. The number of benzene rings is 1. The average Bonchev–Trinajstić information content (AvgIpc) is 3.21. The third-order valence-electron chi connectivity index (χ3n) is 4.56. The monoisotopic (exact) mass is 324 g/mol. The molecule has 1 aromatic carbocycles. The van der Waals surface area contributed by atoms with Gasteiger partial charge in [0.25, 0.3) is 5.56 Å². The van der Waals surface area contributed by atoms with E-state index in [-0.39, 0.29) is 17.4 Å². The molecule has 1 fully saturated rings. The van der Waals surface area contributed by atoms with Gasteiger partial charge in [-0.25, -0.2) is 9.37 Å². The van der Waals surface area contributed by atoms with E-state index in [0.29, 0.717) is 35.2 Å². The Kier molecular flexibility index (Phi) is 2.75. The summed E-state index contributed by atoms with van der Waals surface area (Å²) in [7, 11) is 0. The Morgan fingerprint density at radius 3 is 3.00 bits per heavy atom. The summed E-state index contributed by atoms with van der Waals surface area (Å²) in [6.07, 6.45) is 3.93. The summed E-state index contributed by atoms with van der Waals surface area (Å²) in [6, 6.07) is 6.20. The van der Waals surface area contributed by atoms with Gasteiger partial charge in [-0.05, 0) is 30.7 Å². The number of hydrogen-bond donors (Lipinski definition) is 0. The summed E-state index contributed by atoms with van der Waals surface area (Å²) >= 11 is 0. The fourth-order valence-corrected chi connectivity index (χ4v) is 3.47. The molecule has 5 rings (SSSR count). The van der Waals surface area contributed by atoms with Crippen molar-refractivity contribution in [3.8, 4) is 0 Å². The highest BCUT2D eigenvalue weighted by molar-refractivity contribution is 5.95. The smallest absolute Gasteiger partial charge is 0.280 e. The summed E-state index contributed by atoms with van der Waals surface area (Å²) in [5.74, 6) is -0.356. The topological polar surface area (TPSA) is 61.4 Å². The van der Waals surface area contributed by atoms with Crippen molar-refractivity contribution in [3.63, 3.8) is 0 Å². The van der Waals surface area contributed by atoms with Crippen LogP contribution in [0, 0.1) is 5.82 Å². The minimum absolute atomic E-state index is 0.0225. The van der Waals surface area contributed by atoms with E-state index in [9.17, 15) is 9.18 Å². The first kappa shape index (κ1) is 13.6. The Morgan fingerprint density at radius 2 is 2.17 bits per heavy atom. The van der Waals surface area contributed by atoms with Crippen molar-refractivity contribution in [1.29, 1.82) is 0 Å². The molecular weight excluding hydrogens is 311 g/mol. The van der Waals surface area contributed by atoms with Crippen LogP contribution in [0.3, 0.4) is 0 Å². The average molecular weight is 324 g/mol. The van der Waals surface area contributed by atoms with Crippen molar-refractivity contribution < 1.29 is 9.13 Å². The summed E-state index contributed by atoms with van der Waals surface area (Å²) in [5, 5.41) is 1.11. The number of hydrogen-bond acceptors (Lipinski definition) is 4. The molecule has 4 aromatic rings. The predicted octanol–water partition coefficient (Wildman–Crippen LogP) is 2.30. The standard InChI is InChI=1S/C17H13FN4O2/c18-10-1-2-15-13(7-10)16-20-14-8-19-5-3-12(14)17(23)22(16)21(15)11-4-6-24-9-11/h1-3,5,7-8,11H,4,6,9H2. The second-order valence-electron chi connectivity index (χ2n) is 5.97. The number of halogens is 1. The molecule has 1 unspecified atom stereocenters. The molecule has 1 aliphatic rings. The van der Waals surface area contributed by atoms with Gasteiger partial charge in [-0.1, -0.05) is 0 Å². The largest absolute Gasteiger partial charge is 0.379 e. The normalized spacial score (nSPS) is 18.1. The van der Waals surface area contributed by atoms with Crippen molar-refractivity contribution in [3.05, 3.63) is 52.8 Å². The lowest BCUT2D eigenvalue weighted by molar-refractivity contribution is 0.184. The van der Waals surface area contributed by atoms with Crippen LogP contribution in [0.2, 0.25) is 0 Å². The van der Waals surface area contributed by atoms with Gasteiger partial charge in [0, 0.05) is 18.2 Å². The lowest BCUT2D eigenvalue weighted by atomic mass is 10.2. The highest BCUT2D eigenvalue weighted by atomic mass is 19.1. The van der Waals surface area contributed by atoms with Crippen LogP contribution >= 0.6 is 0 Å². The van der Waals surface area contributed by atoms with Crippen LogP contribution in [0.4, 0.5) is 4.39 Å². The molecule has 1 saturated heterocycles. The zero-order chi connectivity index (χ0) is 16.3. The van der Waals surface area contributed by atoms with Gasteiger partial charge in [-0.2, -0.15) is 4.52 Å². The molecule has 1 aliphatic heterocycles. The quantitative estimate of drug-likeness (QED) is 0.539. The fraction of sp³-hybridized carbons (Fsp3) is 0.235. The molecule has 0 aliphatic carbocycles. The molecule has 6 nitrogen and oxygen atoms in total. The highest BCUT2D eigenvalue weighted by Gasteiger charge is 2.25. The maximum absolute atomic E-state index is 13.8. The van der Waals surface area contributed by atoms with Gasteiger partial charge < -0.3 is 4.74 Å².